The zero-order chi connectivity index (χ0) is 13.4. The third-order valence-electron chi connectivity index (χ3n) is 3.17. The van der Waals surface area contributed by atoms with E-state index in [1.54, 1.807) is 17.4 Å². The first-order valence-electron chi connectivity index (χ1n) is 6.09. The quantitative estimate of drug-likeness (QED) is 0.813. The Bertz CT molecular complexity index is 651. The van der Waals surface area contributed by atoms with Gasteiger partial charge in [-0.05, 0) is 30.5 Å². The third-order valence-corrected chi connectivity index (χ3v) is 4.87. The van der Waals surface area contributed by atoms with Crippen LogP contribution in [0.5, 0.6) is 0 Å². The van der Waals surface area contributed by atoms with E-state index in [9.17, 15) is 4.79 Å². The van der Waals surface area contributed by atoms with Gasteiger partial charge in [0.25, 0.3) is 0 Å². The molecule has 0 fully saturated rings. The monoisotopic (exact) mass is 311 g/mol. The van der Waals surface area contributed by atoms with Crippen molar-refractivity contribution in [3.63, 3.8) is 0 Å². The van der Waals surface area contributed by atoms with Crippen molar-refractivity contribution in [1.82, 2.24) is 4.98 Å². The molecule has 1 aliphatic rings. The van der Waals surface area contributed by atoms with Crippen molar-refractivity contribution >= 4 is 40.3 Å². The summed E-state index contributed by atoms with van der Waals surface area (Å²) in [5.41, 5.74) is 1.67. The fourth-order valence-electron chi connectivity index (χ4n) is 2.22. The highest BCUT2D eigenvalue weighted by Crippen LogP contribution is 2.30. The lowest BCUT2D eigenvalue weighted by molar-refractivity contribution is 0.0968. The molecule has 2 nitrogen and oxygen atoms in total. The molecule has 0 saturated carbocycles. The molecule has 0 bridgehead atoms. The van der Waals surface area contributed by atoms with Crippen LogP contribution in [0, 0.1) is 0 Å². The van der Waals surface area contributed by atoms with Gasteiger partial charge in [-0.1, -0.05) is 29.3 Å². The van der Waals surface area contributed by atoms with Gasteiger partial charge in [0.05, 0.1) is 5.01 Å². The Morgan fingerprint density at radius 2 is 2.11 bits per heavy atom. The van der Waals surface area contributed by atoms with Crippen LogP contribution in [0.1, 0.15) is 38.8 Å². The Labute approximate surface area is 125 Å². The first-order valence-corrected chi connectivity index (χ1v) is 7.66. The van der Waals surface area contributed by atoms with Crippen LogP contribution in [0.15, 0.2) is 18.2 Å². The van der Waals surface area contributed by atoms with Crippen LogP contribution < -0.4 is 0 Å². The van der Waals surface area contributed by atoms with E-state index in [4.69, 9.17) is 23.2 Å². The molecule has 0 unspecified atom stereocenters. The van der Waals surface area contributed by atoms with Crippen LogP contribution in [-0.2, 0) is 12.8 Å². The van der Waals surface area contributed by atoms with E-state index in [1.165, 1.54) is 0 Å². The number of carbonyl (C=O) groups excluding carboxylic acids is 1. The molecule has 1 heterocycles. The maximum Gasteiger partial charge on any atom is 0.182 e. The van der Waals surface area contributed by atoms with E-state index < -0.39 is 0 Å². The first-order chi connectivity index (χ1) is 9.13. The zero-order valence-electron chi connectivity index (χ0n) is 10.1. The van der Waals surface area contributed by atoms with Crippen LogP contribution >= 0.6 is 34.5 Å². The van der Waals surface area contributed by atoms with E-state index >= 15 is 0 Å². The number of aromatic nitrogens is 1. The summed E-state index contributed by atoms with van der Waals surface area (Å²) in [5.74, 6) is 0.172. The lowest BCUT2D eigenvalue weighted by atomic mass is 10.0. The Morgan fingerprint density at radius 1 is 1.26 bits per heavy atom. The van der Waals surface area contributed by atoms with Crippen molar-refractivity contribution in [3.8, 4) is 0 Å². The SMILES string of the molecule is O=C1CCCc2sc(Cc3ccc(Cl)cc3Cl)nc21. The highest BCUT2D eigenvalue weighted by atomic mass is 35.5. The second kappa shape index (κ2) is 5.23. The highest BCUT2D eigenvalue weighted by molar-refractivity contribution is 7.12. The number of rotatable bonds is 2. The second-order valence-electron chi connectivity index (χ2n) is 4.57. The minimum atomic E-state index is 0.172. The summed E-state index contributed by atoms with van der Waals surface area (Å²) in [7, 11) is 0. The standard InChI is InChI=1S/C14H11Cl2NOS/c15-9-5-4-8(10(16)7-9)6-13-17-14-11(18)2-1-3-12(14)19-13/h4-5,7H,1-3,6H2. The van der Waals surface area contributed by atoms with Gasteiger partial charge in [-0.3, -0.25) is 4.79 Å². The maximum absolute atomic E-state index is 11.8. The lowest BCUT2D eigenvalue weighted by Crippen LogP contribution is -2.08. The minimum Gasteiger partial charge on any atom is -0.292 e. The largest absolute Gasteiger partial charge is 0.292 e. The summed E-state index contributed by atoms with van der Waals surface area (Å²) >= 11 is 13.7. The normalized spacial score (nSPS) is 14.5. The van der Waals surface area contributed by atoms with Crippen LogP contribution in [0.4, 0.5) is 0 Å². The van der Waals surface area contributed by atoms with Gasteiger partial charge in [0.1, 0.15) is 5.69 Å². The molecule has 0 atom stereocenters. The molecule has 0 amide bonds. The molecular formula is C14H11Cl2NOS. The lowest BCUT2D eigenvalue weighted by Gasteiger charge is -2.06. The van der Waals surface area contributed by atoms with Crippen molar-refractivity contribution in [1.29, 1.82) is 0 Å². The molecule has 0 radical (unpaired) electrons. The predicted octanol–water partition coefficient (Wildman–Crippen LogP) is 4.56. The zero-order valence-corrected chi connectivity index (χ0v) is 12.4. The smallest absolute Gasteiger partial charge is 0.182 e. The number of nitrogens with zero attached hydrogens (tertiary/aromatic N) is 1. The van der Waals surface area contributed by atoms with E-state index in [0.29, 0.717) is 28.6 Å². The highest BCUT2D eigenvalue weighted by Gasteiger charge is 2.22. The molecule has 0 N–H and O–H groups in total. The molecular weight excluding hydrogens is 301 g/mol. The molecule has 0 spiro atoms. The maximum atomic E-state index is 11.8. The fourth-order valence-corrected chi connectivity index (χ4v) is 3.85. The molecule has 1 aromatic heterocycles. The van der Waals surface area contributed by atoms with Gasteiger partial charge < -0.3 is 0 Å². The van der Waals surface area contributed by atoms with E-state index in [2.05, 4.69) is 4.98 Å². The van der Waals surface area contributed by atoms with Gasteiger partial charge in [-0.25, -0.2) is 4.98 Å². The third kappa shape index (κ3) is 2.69. The van der Waals surface area contributed by atoms with Gasteiger partial charge >= 0.3 is 0 Å². The van der Waals surface area contributed by atoms with Gasteiger partial charge in [0.2, 0.25) is 0 Å². The van der Waals surface area contributed by atoms with Crippen molar-refractivity contribution in [2.45, 2.75) is 25.7 Å². The molecule has 1 aliphatic carbocycles. The number of Topliss-reactive ketones (excluding diaryl/α,β-unsaturated/α-hetero) is 1. The van der Waals surface area contributed by atoms with Gasteiger partial charge in [0.15, 0.2) is 5.78 Å². The summed E-state index contributed by atoms with van der Waals surface area (Å²) in [5, 5.41) is 2.22. The fraction of sp³-hybridized carbons (Fsp3) is 0.286. The number of aryl methyl sites for hydroxylation is 1. The average Bonchev–Trinajstić information content (AvgIpc) is 2.77. The van der Waals surface area contributed by atoms with Gasteiger partial charge in [-0.15, -0.1) is 11.3 Å². The second-order valence-corrected chi connectivity index (χ2v) is 6.58. The van der Waals surface area contributed by atoms with Crippen molar-refractivity contribution in [3.05, 3.63) is 49.4 Å². The van der Waals surface area contributed by atoms with Gasteiger partial charge in [-0.2, -0.15) is 0 Å². The Morgan fingerprint density at radius 3 is 2.84 bits per heavy atom. The Kier molecular flexibility index (Phi) is 3.61. The first kappa shape index (κ1) is 13.1. The number of halogens is 2. The predicted molar refractivity (Wildman–Crippen MR) is 78.7 cm³/mol. The average molecular weight is 312 g/mol. The van der Waals surface area contributed by atoms with Crippen molar-refractivity contribution in [2.75, 3.05) is 0 Å². The Balaban J connectivity index is 1.89. The number of benzene rings is 1. The number of carbonyl (C=O) groups is 1. The summed E-state index contributed by atoms with van der Waals surface area (Å²) < 4.78 is 0. The number of thiazole rings is 1. The number of ketones is 1. The minimum absolute atomic E-state index is 0.172. The van der Waals surface area contributed by atoms with Crippen LogP contribution in [0.25, 0.3) is 0 Å². The molecule has 3 rings (SSSR count). The molecule has 98 valence electrons. The van der Waals surface area contributed by atoms with E-state index in [-0.39, 0.29) is 5.78 Å². The van der Waals surface area contributed by atoms with E-state index in [0.717, 1.165) is 28.3 Å². The molecule has 19 heavy (non-hydrogen) atoms. The van der Waals surface area contributed by atoms with E-state index in [1.807, 2.05) is 12.1 Å². The summed E-state index contributed by atoms with van der Waals surface area (Å²) in [6.07, 6.45) is 3.18. The summed E-state index contributed by atoms with van der Waals surface area (Å²) in [4.78, 5) is 17.4. The van der Waals surface area contributed by atoms with Crippen molar-refractivity contribution < 1.29 is 4.79 Å². The molecule has 5 heteroatoms. The Hall–Kier alpha value is -0.900. The van der Waals surface area contributed by atoms with Crippen LogP contribution in [-0.4, -0.2) is 10.8 Å². The molecule has 1 aromatic carbocycles. The number of fused-ring (bicyclic) bond motifs is 1. The molecule has 0 aliphatic heterocycles. The van der Waals surface area contributed by atoms with Gasteiger partial charge in [0, 0.05) is 27.8 Å². The summed E-state index contributed by atoms with van der Waals surface area (Å²) in [6, 6.07) is 5.46. The number of hydrogen-bond donors (Lipinski definition) is 0. The molecule has 2 aromatic rings. The topological polar surface area (TPSA) is 30.0 Å². The summed E-state index contributed by atoms with van der Waals surface area (Å²) in [6.45, 7) is 0. The van der Waals surface area contributed by atoms with Crippen LogP contribution in [0.3, 0.4) is 0 Å². The van der Waals surface area contributed by atoms with Crippen LogP contribution in [0.2, 0.25) is 10.0 Å². The number of hydrogen-bond acceptors (Lipinski definition) is 3. The molecule has 0 saturated heterocycles. The van der Waals surface area contributed by atoms with Crippen molar-refractivity contribution in [2.24, 2.45) is 0 Å².